The molecule has 0 saturated carbocycles. The van der Waals surface area contributed by atoms with Crippen molar-refractivity contribution < 1.29 is 30.3 Å². The molecule has 2 aromatic heterocycles. The Labute approximate surface area is 432 Å². The summed E-state index contributed by atoms with van der Waals surface area (Å²) >= 11 is 0. The number of fused-ring (bicyclic) bond motifs is 1. The van der Waals surface area contributed by atoms with Crippen molar-refractivity contribution in [2.24, 2.45) is 0 Å². The molecule has 4 nitrogen and oxygen atoms in total. The van der Waals surface area contributed by atoms with E-state index in [1.165, 1.54) is 5.56 Å². The Kier molecular flexibility index (Phi) is 12.4. The predicted octanol–water partition coefficient (Wildman–Crippen LogP) is 17.4. The fourth-order valence-electron chi connectivity index (χ4n) is 9.53. The minimum absolute atomic E-state index is 0. The quantitative estimate of drug-likeness (QED) is 0.139. The monoisotopic (exact) mass is 1090 g/mol. The molecule has 0 spiro atoms. The average Bonchev–Trinajstić information content (AvgIpc) is 3.78. The number of phenolic OH excluding ortho intramolecular Hbond substituents is 1. The molecule has 0 bridgehead atoms. The zero-order valence-electron chi connectivity index (χ0n) is 43.7. The molecule has 0 saturated heterocycles. The first-order chi connectivity index (χ1) is 34.5. The number of phenols is 1. The normalized spacial score (nSPS) is 12.4. The first-order valence-electron chi connectivity index (χ1n) is 25.4. The molecule has 1 N–H and O–H groups in total. The minimum Gasteiger partial charge on any atom is -0.507 e. The average molecular weight is 1100 g/mol. The molecule has 0 unspecified atom stereocenters. The summed E-state index contributed by atoms with van der Waals surface area (Å²) in [6, 6.07) is 66.0. The Morgan fingerprint density at radius 1 is 0.557 bits per heavy atom. The van der Waals surface area contributed by atoms with Crippen LogP contribution in [0.1, 0.15) is 86.7 Å². The summed E-state index contributed by atoms with van der Waals surface area (Å²) in [4.78, 5) is 10.6. The number of pyridine rings is 1. The van der Waals surface area contributed by atoms with Crippen LogP contribution in [0.25, 0.3) is 95.0 Å². The summed E-state index contributed by atoms with van der Waals surface area (Å²) in [7, 11) is 0. The van der Waals surface area contributed by atoms with Crippen molar-refractivity contribution in [2.75, 3.05) is 0 Å². The molecule has 0 amide bonds. The van der Waals surface area contributed by atoms with E-state index in [2.05, 4.69) is 186 Å². The zero-order valence-corrected chi connectivity index (χ0v) is 42.9. The zero-order chi connectivity index (χ0) is 50.5. The molecule has 0 radical (unpaired) electrons. The Morgan fingerprint density at radius 3 is 1.81 bits per heavy atom. The van der Waals surface area contributed by atoms with E-state index < -0.39 is 6.85 Å². The van der Waals surface area contributed by atoms with Gasteiger partial charge in [-0.3, -0.25) is 9.55 Å². The van der Waals surface area contributed by atoms with Crippen molar-refractivity contribution in [3.63, 3.8) is 0 Å². The van der Waals surface area contributed by atoms with E-state index in [9.17, 15) is 5.11 Å². The van der Waals surface area contributed by atoms with Crippen LogP contribution in [0.2, 0.25) is 0 Å². The van der Waals surface area contributed by atoms with Gasteiger partial charge >= 0.3 is 0 Å². The van der Waals surface area contributed by atoms with E-state index >= 15 is 0 Å². The van der Waals surface area contributed by atoms with E-state index in [-0.39, 0.29) is 44.1 Å². The maximum atomic E-state index is 12.6. The second kappa shape index (κ2) is 19.7. The Morgan fingerprint density at radius 2 is 1.19 bits per heavy atom. The third-order valence-electron chi connectivity index (χ3n) is 13.3. The SMILES string of the molecule is [2H]C([2H])([2H])c1ccc(-c2ccnc(-c3[c-]c(-c4cccc5c4nc(-c4cc(C(C)C)cc(C(C)C)c4O)n5-c4cc(-c5ccccc5)c(C(C)(C)C)cc4-c4ccccc4)cc(-c4ccccc4)c3)c2)cc1.[Pt]. The summed E-state index contributed by atoms with van der Waals surface area (Å²) in [5.41, 5.74) is 18.0. The number of benzene rings is 8. The van der Waals surface area contributed by atoms with Gasteiger partial charge in [-0.2, -0.15) is 0 Å². The van der Waals surface area contributed by atoms with Crippen LogP contribution in [0.5, 0.6) is 5.75 Å². The van der Waals surface area contributed by atoms with E-state index in [0.717, 1.165) is 94.7 Å². The number of nitrogens with zero attached hydrogens (tertiary/aromatic N) is 3. The molecule has 0 atom stereocenters. The number of aryl methyl sites for hydroxylation is 1. The van der Waals surface area contributed by atoms with Gasteiger partial charge in [0.2, 0.25) is 0 Å². The van der Waals surface area contributed by atoms with E-state index in [4.69, 9.17) is 14.1 Å². The van der Waals surface area contributed by atoms with Gasteiger partial charge in [0, 0.05) is 42.6 Å². The molecule has 0 fully saturated rings. The summed E-state index contributed by atoms with van der Waals surface area (Å²) in [5, 5.41) is 12.6. The van der Waals surface area contributed by atoms with Crippen molar-refractivity contribution in [3.8, 4) is 89.7 Å². The van der Waals surface area contributed by atoms with Crippen LogP contribution < -0.4 is 0 Å². The van der Waals surface area contributed by atoms with Crippen molar-refractivity contribution in [2.45, 2.75) is 72.6 Å². The third-order valence-corrected chi connectivity index (χ3v) is 13.3. The van der Waals surface area contributed by atoms with Gasteiger partial charge in [0.15, 0.2) is 0 Å². The molecular formula is C65H58N3OPt-. The first kappa shape index (κ1) is 44.1. The van der Waals surface area contributed by atoms with E-state index in [0.29, 0.717) is 17.0 Å². The van der Waals surface area contributed by atoms with Crippen molar-refractivity contribution in [3.05, 3.63) is 217 Å². The molecule has 2 heterocycles. The number of para-hydroxylation sites is 1. The number of hydrogen-bond acceptors (Lipinski definition) is 3. The van der Waals surface area contributed by atoms with Gasteiger partial charge in [-0.05, 0) is 105 Å². The summed E-state index contributed by atoms with van der Waals surface area (Å²) < 4.78 is 26.0. The van der Waals surface area contributed by atoms with Gasteiger partial charge in [0.1, 0.15) is 11.6 Å². The smallest absolute Gasteiger partial charge is 0.148 e. The van der Waals surface area contributed by atoms with Crippen LogP contribution in [0.4, 0.5) is 0 Å². The van der Waals surface area contributed by atoms with Crippen LogP contribution in [-0.2, 0) is 26.5 Å². The Bertz CT molecular complexity index is 3600. The molecule has 10 rings (SSSR count). The molecule has 0 aliphatic rings. The maximum absolute atomic E-state index is 12.6. The Hall–Kier alpha value is -7.13. The second-order valence-corrected chi connectivity index (χ2v) is 19.7. The topological polar surface area (TPSA) is 50.9 Å². The van der Waals surface area contributed by atoms with Crippen LogP contribution in [0, 0.1) is 12.9 Å². The molecule has 10 aromatic rings. The van der Waals surface area contributed by atoms with Crippen LogP contribution >= 0.6 is 0 Å². The van der Waals surface area contributed by atoms with Crippen LogP contribution in [0.15, 0.2) is 188 Å². The molecule has 5 heteroatoms. The van der Waals surface area contributed by atoms with Gasteiger partial charge in [-0.1, -0.05) is 210 Å². The molecule has 0 aliphatic heterocycles. The van der Waals surface area contributed by atoms with Gasteiger partial charge in [0.05, 0.1) is 22.3 Å². The third kappa shape index (κ3) is 9.34. The van der Waals surface area contributed by atoms with Gasteiger partial charge in [-0.25, -0.2) is 4.98 Å². The fraction of sp³-hybridized carbons (Fsp3) is 0.169. The van der Waals surface area contributed by atoms with Gasteiger partial charge in [0.25, 0.3) is 0 Å². The van der Waals surface area contributed by atoms with Crippen molar-refractivity contribution in [1.29, 1.82) is 0 Å². The van der Waals surface area contributed by atoms with Gasteiger partial charge < -0.3 is 5.11 Å². The first-order valence-corrected chi connectivity index (χ1v) is 23.9. The van der Waals surface area contributed by atoms with E-state index in [1.54, 1.807) is 18.3 Å². The summed E-state index contributed by atoms with van der Waals surface area (Å²) in [6.45, 7) is 13.3. The summed E-state index contributed by atoms with van der Waals surface area (Å²) in [6.07, 6.45) is 1.79. The number of aromatic hydroxyl groups is 1. The minimum atomic E-state index is -2.19. The number of imidazole rings is 1. The largest absolute Gasteiger partial charge is 0.507 e. The number of hydrogen-bond donors (Lipinski definition) is 1. The van der Waals surface area contributed by atoms with Crippen molar-refractivity contribution >= 4 is 11.0 Å². The fourth-order valence-corrected chi connectivity index (χ4v) is 9.53. The Balaban J connectivity index is 0.00000656. The second-order valence-electron chi connectivity index (χ2n) is 19.7. The molecule has 0 aliphatic carbocycles. The molecule has 8 aromatic carbocycles. The number of aromatic nitrogens is 3. The standard InChI is InChI=1S/C65H58N3O.Pt/c1-41(2)49-36-54(42(3)4)63(69)57(37-49)64-67-62-53(51-33-50(44-19-12-9-13-20-44)34-52(35-51)59-38-48(31-32-66-59)45-29-27-43(5)28-30-45)25-18-26-60(62)68(64)61-40-55(46-21-14-10-15-22-46)58(65(6,7)8)39-56(61)47-23-16-11-17-24-47;/h9-34,36-42,69H,1-8H3;/q-1;/i5D3;. The predicted molar refractivity (Wildman–Crippen MR) is 289 cm³/mol. The van der Waals surface area contributed by atoms with Crippen LogP contribution in [0.3, 0.4) is 0 Å². The van der Waals surface area contributed by atoms with E-state index in [1.807, 2.05) is 42.5 Å². The van der Waals surface area contributed by atoms with Crippen molar-refractivity contribution in [1.82, 2.24) is 14.5 Å². The summed E-state index contributed by atoms with van der Waals surface area (Å²) in [5.74, 6) is 1.11. The number of rotatable bonds is 10. The maximum Gasteiger partial charge on any atom is 0.148 e. The molecule has 70 heavy (non-hydrogen) atoms. The van der Waals surface area contributed by atoms with Gasteiger partial charge in [-0.15, -0.1) is 23.8 Å². The molecule has 350 valence electrons. The van der Waals surface area contributed by atoms with Crippen LogP contribution in [-0.4, -0.2) is 19.6 Å². The molecular weight excluding hydrogens is 1030 g/mol.